The first kappa shape index (κ1) is 20.7. The van der Waals surface area contributed by atoms with Crippen molar-refractivity contribution in [3.05, 3.63) is 78.3 Å². The van der Waals surface area contributed by atoms with E-state index in [1.54, 1.807) is 29.1 Å². The maximum atomic E-state index is 12.5. The van der Waals surface area contributed by atoms with Crippen molar-refractivity contribution >= 4 is 15.8 Å². The molecule has 0 aliphatic heterocycles. The van der Waals surface area contributed by atoms with Gasteiger partial charge in [-0.3, -0.25) is 9.40 Å². The highest BCUT2D eigenvalue weighted by atomic mass is 32.2. The summed E-state index contributed by atoms with van der Waals surface area (Å²) in [5, 5.41) is 4.14. The average molecular weight is 439 g/mol. The zero-order chi connectivity index (χ0) is 21.8. The van der Waals surface area contributed by atoms with E-state index in [-0.39, 0.29) is 17.3 Å². The van der Waals surface area contributed by atoms with Crippen LogP contribution in [0.25, 0.3) is 11.5 Å². The highest BCUT2D eigenvalue weighted by molar-refractivity contribution is 7.92. The lowest BCUT2D eigenvalue weighted by Gasteiger charge is -2.08. The summed E-state index contributed by atoms with van der Waals surface area (Å²) >= 11 is 0. The van der Waals surface area contributed by atoms with Crippen molar-refractivity contribution in [3.8, 4) is 17.2 Å². The predicted molar refractivity (Wildman–Crippen MR) is 116 cm³/mol. The Bertz CT molecular complexity index is 1260. The largest absolute Gasteiger partial charge is 0.487 e. The monoisotopic (exact) mass is 438 g/mol. The molecule has 0 amide bonds. The van der Waals surface area contributed by atoms with Crippen molar-refractivity contribution < 1.29 is 17.6 Å². The molecule has 4 aromatic rings. The van der Waals surface area contributed by atoms with Crippen LogP contribution in [0.4, 0.5) is 5.82 Å². The molecule has 2 heterocycles. The average Bonchev–Trinajstić information content (AvgIpc) is 3.39. The van der Waals surface area contributed by atoms with Crippen LogP contribution in [-0.4, -0.2) is 23.2 Å². The second-order valence-corrected chi connectivity index (χ2v) is 8.49. The summed E-state index contributed by atoms with van der Waals surface area (Å²) in [6.07, 6.45) is 1.71. The molecular formula is C22H22N4O4S. The molecule has 0 aliphatic carbocycles. The zero-order valence-electron chi connectivity index (χ0n) is 17.1. The maximum Gasteiger partial charge on any atom is 0.263 e. The number of sulfonamides is 1. The summed E-state index contributed by atoms with van der Waals surface area (Å²) in [6.45, 7) is 4.62. The smallest absolute Gasteiger partial charge is 0.263 e. The molecule has 0 unspecified atom stereocenters. The minimum Gasteiger partial charge on any atom is -0.487 e. The van der Waals surface area contributed by atoms with E-state index in [4.69, 9.17) is 9.15 Å². The third kappa shape index (κ3) is 4.77. The second kappa shape index (κ2) is 8.65. The number of aromatic nitrogens is 3. The van der Waals surface area contributed by atoms with Gasteiger partial charge < -0.3 is 9.15 Å². The van der Waals surface area contributed by atoms with Crippen LogP contribution in [0.1, 0.15) is 18.4 Å². The lowest BCUT2D eigenvalue weighted by atomic mass is 10.2. The standard InChI is InChI=1S/C22H22N4O4S/c1-3-26-14-13-21(24-26)25-31(27,28)19-11-9-18(10-12-19)29-15-20-16(2)30-22(23-20)17-7-5-4-6-8-17/h4-14H,3,15H2,1-2H3,(H,24,25). The summed E-state index contributed by atoms with van der Waals surface area (Å²) in [5.74, 6) is 2.01. The van der Waals surface area contributed by atoms with Gasteiger partial charge in [-0.2, -0.15) is 5.10 Å². The Labute approximate surface area is 180 Å². The summed E-state index contributed by atoms with van der Waals surface area (Å²) < 4.78 is 40.7. The molecule has 2 aromatic heterocycles. The van der Waals surface area contributed by atoms with E-state index in [2.05, 4.69) is 14.8 Å². The number of rotatable bonds is 8. The first-order valence-corrected chi connectivity index (χ1v) is 11.2. The minimum atomic E-state index is -3.73. The molecule has 1 N–H and O–H groups in total. The molecule has 0 atom stereocenters. The Balaban J connectivity index is 1.41. The van der Waals surface area contributed by atoms with Crippen LogP contribution in [0.3, 0.4) is 0 Å². The van der Waals surface area contributed by atoms with Crippen molar-refractivity contribution in [3.63, 3.8) is 0 Å². The molecule has 0 saturated heterocycles. The second-order valence-electron chi connectivity index (χ2n) is 6.81. The van der Waals surface area contributed by atoms with E-state index in [0.717, 1.165) is 5.56 Å². The lowest BCUT2D eigenvalue weighted by Crippen LogP contribution is -2.13. The molecule has 0 bridgehead atoms. The highest BCUT2D eigenvalue weighted by Crippen LogP contribution is 2.23. The van der Waals surface area contributed by atoms with Crippen molar-refractivity contribution in [1.29, 1.82) is 0 Å². The quantitative estimate of drug-likeness (QED) is 0.442. The van der Waals surface area contributed by atoms with Crippen LogP contribution in [0.2, 0.25) is 0 Å². The van der Waals surface area contributed by atoms with E-state index < -0.39 is 10.0 Å². The fourth-order valence-corrected chi connectivity index (χ4v) is 3.92. The molecule has 2 aromatic carbocycles. The third-order valence-corrected chi connectivity index (χ3v) is 6.00. The van der Waals surface area contributed by atoms with E-state index in [1.807, 2.05) is 44.2 Å². The van der Waals surface area contributed by atoms with Gasteiger partial charge >= 0.3 is 0 Å². The Morgan fingerprint density at radius 3 is 2.48 bits per heavy atom. The van der Waals surface area contributed by atoms with Gasteiger partial charge in [0, 0.05) is 24.4 Å². The van der Waals surface area contributed by atoms with Crippen LogP contribution in [0.5, 0.6) is 5.75 Å². The summed E-state index contributed by atoms with van der Waals surface area (Å²) in [7, 11) is -3.73. The van der Waals surface area contributed by atoms with Crippen LogP contribution in [-0.2, 0) is 23.2 Å². The number of hydrogen-bond donors (Lipinski definition) is 1. The molecule has 0 aliphatic rings. The summed E-state index contributed by atoms with van der Waals surface area (Å²) in [5.41, 5.74) is 1.58. The van der Waals surface area contributed by atoms with E-state index >= 15 is 0 Å². The van der Waals surface area contributed by atoms with Gasteiger partial charge in [0.05, 0.1) is 4.90 Å². The van der Waals surface area contributed by atoms with E-state index in [1.165, 1.54) is 12.1 Å². The number of nitrogens with zero attached hydrogens (tertiary/aromatic N) is 3. The number of anilines is 1. The van der Waals surface area contributed by atoms with Gasteiger partial charge in [0.25, 0.3) is 10.0 Å². The fourth-order valence-electron chi connectivity index (χ4n) is 2.92. The van der Waals surface area contributed by atoms with Gasteiger partial charge in [0.15, 0.2) is 5.82 Å². The van der Waals surface area contributed by atoms with Crippen molar-refractivity contribution in [1.82, 2.24) is 14.8 Å². The molecule has 4 rings (SSSR count). The molecular weight excluding hydrogens is 416 g/mol. The van der Waals surface area contributed by atoms with Gasteiger partial charge in [-0.1, -0.05) is 18.2 Å². The molecule has 0 saturated carbocycles. The lowest BCUT2D eigenvalue weighted by molar-refractivity contribution is 0.299. The van der Waals surface area contributed by atoms with E-state index in [0.29, 0.717) is 29.6 Å². The number of nitrogens with one attached hydrogen (secondary N) is 1. The van der Waals surface area contributed by atoms with Gasteiger partial charge in [0.1, 0.15) is 23.8 Å². The van der Waals surface area contributed by atoms with Gasteiger partial charge in [-0.25, -0.2) is 13.4 Å². The summed E-state index contributed by atoms with van der Waals surface area (Å²) in [4.78, 5) is 4.62. The summed E-state index contributed by atoms with van der Waals surface area (Å²) in [6, 6.07) is 17.4. The number of ether oxygens (including phenoxy) is 1. The van der Waals surface area contributed by atoms with Crippen molar-refractivity contribution in [2.45, 2.75) is 31.9 Å². The molecule has 9 heteroatoms. The zero-order valence-corrected chi connectivity index (χ0v) is 18.0. The molecule has 0 fully saturated rings. The molecule has 0 spiro atoms. The number of aryl methyl sites for hydroxylation is 2. The van der Waals surface area contributed by atoms with Crippen LogP contribution < -0.4 is 9.46 Å². The minimum absolute atomic E-state index is 0.120. The SMILES string of the molecule is CCn1ccc(NS(=O)(=O)c2ccc(OCc3nc(-c4ccccc4)oc3C)cc2)n1. The topological polar surface area (TPSA) is 99.2 Å². The fraction of sp³-hybridized carbons (Fsp3) is 0.182. The Hall–Kier alpha value is -3.59. The number of benzene rings is 2. The first-order valence-electron chi connectivity index (χ1n) is 9.75. The molecule has 160 valence electrons. The van der Waals surface area contributed by atoms with E-state index in [9.17, 15) is 8.42 Å². The Morgan fingerprint density at radius 2 is 1.81 bits per heavy atom. The van der Waals surface area contributed by atoms with Gasteiger partial charge in [0.2, 0.25) is 5.89 Å². The Morgan fingerprint density at radius 1 is 1.06 bits per heavy atom. The van der Waals surface area contributed by atoms with Crippen LogP contribution >= 0.6 is 0 Å². The number of oxazole rings is 1. The van der Waals surface area contributed by atoms with Crippen LogP contribution in [0.15, 0.2) is 76.2 Å². The van der Waals surface area contributed by atoms with Gasteiger partial charge in [-0.05, 0) is 50.2 Å². The van der Waals surface area contributed by atoms with Crippen molar-refractivity contribution in [2.24, 2.45) is 0 Å². The predicted octanol–water partition coefficient (Wildman–Crippen LogP) is 4.25. The maximum absolute atomic E-state index is 12.5. The normalized spacial score (nSPS) is 11.4. The van der Waals surface area contributed by atoms with Crippen molar-refractivity contribution in [2.75, 3.05) is 4.72 Å². The third-order valence-electron chi connectivity index (χ3n) is 4.63. The number of hydrogen-bond acceptors (Lipinski definition) is 6. The Kier molecular flexibility index (Phi) is 5.77. The molecule has 31 heavy (non-hydrogen) atoms. The van der Waals surface area contributed by atoms with Gasteiger partial charge in [-0.15, -0.1) is 0 Å². The molecule has 0 radical (unpaired) electrons. The highest BCUT2D eigenvalue weighted by Gasteiger charge is 2.16. The molecule has 8 nitrogen and oxygen atoms in total. The first-order chi connectivity index (χ1) is 14.9. The van der Waals surface area contributed by atoms with Crippen LogP contribution in [0, 0.1) is 6.92 Å².